The molecule has 0 saturated carbocycles. The number of nitrogens with zero attached hydrogens (tertiary/aromatic N) is 2. The van der Waals surface area contributed by atoms with Gasteiger partial charge in [-0.05, 0) is 45.2 Å². The van der Waals surface area contributed by atoms with Gasteiger partial charge in [-0.2, -0.15) is 0 Å². The molecule has 1 aromatic rings. The van der Waals surface area contributed by atoms with E-state index in [9.17, 15) is 4.79 Å². The first-order valence-corrected chi connectivity index (χ1v) is 7.77. The van der Waals surface area contributed by atoms with Crippen molar-refractivity contribution in [3.05, 3.63) is 24.2 Å². The molecule has 1 atom stereocenters. The van der Waals surface area contributed by atoms with Crippen LogP contribution in [-0.2, 0) is 11.3 Å². The third-order valence-electron chi connectivity index (χ3n) is 4.99. The fraction of sp³-hybridized carbons (Fsp3) is 0.688. The average molecular weight is 276 g/mol. The maximum atomic E-state index is 12.0. The smallest absolute Gasteiger partial charge is 0.223 e. The van der Waals surface area contributed by atoms with Crippen LogP contribution in [0.15, 0.2) is 23.0 Å². The topological polar surface area (TPSA) is 36.7 Å². The van der Waals surface area contributed by atoms with Gasteiger partial charge in [-0.15, -0.1) is 0 Å². The molecular weight excluding hydrogens is 252 g/mol. The highest BCUT2D eigenvalue weighted by Crippen LogP contribution is 2.39. The molecule has 4 heteroatoms. The van der Waals surface area contributed by atoms with E-state index in [2.05, 4.69) is 16.7 Å². The summed E-state index contributed by atoms with van der Waals surface area (Å²) < 4.78 is 5.15. The Morgan fingerprint density at radius 2 is 2.20 bits per heavy atom. The fourth-order valence-electron chi connectivity index (χ4n) is 3.94. The molecule has 3 rings (SSSR count). The number of carbonyl (C=O) groups excluding carboxylic acids is 1. The first-order chi connectivity index (χ1) is 9.73. The van der Waals surface area contributed by atoms with E-state index in [1.807, 2.05) is 12.3 Å². The van der Waals surface area contributed by atoms with Gasteiger partial charge >= 0.3 is 0 Å². The minimum absolute atomic E-state index is 0.150. The highest BCUT2D eigenvalue weighted by atomic mass is 16.3. The fourth-order valence-corrected chi connectivity index (χ4v) is 3.94. The van der Waals surface area contributed by atoms with Crippen molar-refractivity contribution in [3.63, 3.8) is 0 Å². The van der Waals surface area contributed by atoms with Crippen molar-refractivity contribution < 1.29 is 9.21 Å². The lowest BCUT2D eigenvalue weighted by molar-refractivity contribution is -0.131. The molecule has 2 aliphatic rings. The molecule has 110 valence electrons. The number of likely N-dealkylation sites (tertiary alicyclic amines) is 2. The molecule has 1 unspecified atom stereocenters. The van der Waals surface area contributed by atoms with Crippen molar-refractivity contribution in [1.29, 1.82) is 0 Å². The van der Waals surface area contributed by atoms with Gasteiger partial charge in [0.2, 0.25) is 5.91 Å². The molecule has 0 aliphatic carbocycles. The van der Waals surface area contributed by atoms with Crippen molar-refractivity contribution >= 4 is 5.91 Å². The highest BCUT2D eigenvalue weighted by molar-refractivity contribution is 5.79. The summed E-state index contributed by atoms with van der Waals surface area (Å²) >= 11 is 0. The Balaban J connectivity index is 1.66. The van der Waals surface area contributed by atoms with Gasteiger partial charge in [-0.25, -0.2) is 0 Å². The van der Waals surface area contributed by atoms with Gasteiger partial charge in [0.1, 0.15) is 0 Å². The van der Waals surface area contributed by atoms with Crippen molar-refractivity contribution in [1.82, 2.24) is 9.80 Å². The highest BCUT2D eigenvalue weighted by Gasteiger charge is 2.44. The summed E-state index contributed by atoms with van der Waals surface area (Å²) in [6.07, 6.45) is 8.83. The van der Waals surface area contributed by atoms with Crippen LogP contribution in [0.2, 0.25) is 0 Å². The average Bonchev–Trinajstić information content (AvgIpc) is 2.99. The van der Waals surface area contributed by atoms with Gasteiger partial charge in [0.05, 0.1) is 12.5 Å². The monoisotopic (exact) mass is 276 g/mol. The SMILES string of the molecule is CCN1C(=O)CCC12CCCN(Cc1ccoc1)CC2. The van der Waals surface area contributed by atoms with Crippen LogP contribution in [0.3, 0.4) is 0 Å². The van der Waals surface area contributed by atoms with E-state index < -0.39 is 0 Å². The van der Waals surface area contributed by atoms with Crippen LogP contribution in [-0.4, -0.2) is 40.9 Å². The normalized spacial score (nSPS) is 28.2. The Bertz CT molecular complexity index is 457. The van der Waals surface area contributed by atoms with E-state index in [4.69, 9.17) is 4.42 Å². The van der Waals surface area contributed by atoms with Gasteiger partial charge in [-0.1, -0.05) is 0 Å². The minimum atomic E-state index is 0.150. The molecule has 0 bridgehead atoms. The van der Waals surface area contributed by atoms with Crippen LogP contribution in [0.1, 0.15) is 44.6 Å². The van der Waals surface area contributed by atoms with Crippen LogP contribution < -0.4 is 0 Å². The quantitative estimate of drug-likeness (QED) is 0.851. The van der Waals surface area contributed by atoms with Gasteiger partial charge in [0.25, 0.3) is 0 Å². The summed E-state index contributed by atoms with van der Waals surface area (Å²) in [5.41, 5.74) is 1.40. The van der Waals surface area contributed by atoms with Crippen LogP contribution in [0.5, 0.6) is 0 Å². The van der Waals surface area contributed by atoms with Gasteiger partial charge in [0.15, 0.2) is 0 Å². The second-order valence-corrected chi connectivity index (χ2v) is 6.12. The summed E-state index contributed by atoms with van der Waals surface area (Å²) in [6, 6.07) is 2.04. The van der Waals surface area contributed by atoms with E-state index in [0.717, 1.165) is 51.9 Å². The van der Waals surface area contributed by atoms with E-state index in [0.29, 0.717) is 5.91 Å². The molecule has 1 spiro atoms. The summed E-state index contributed by atoms with van der Waals surface area (Å²) in [4.78, 5) is 16.7. The number of carbonyl (C=O) groups is 1. The number of amides is 1. The molecule has 1 aromatic heterocycles. The number of furan rings is 1. The third kappa shape index (κ3) is 2.49. The summed E-state index contributed by atoms with van der Waals surface area (Å²) in [7, 11) is 0. The molecule has 20 heavy (non-hydrogen) atoms. The molecular formula is C16H24N2O2. The van der Waals surface area contributed by atoms with E-state index in [-0.39, 0.29) is 5.54 Å². The third-order valence-corrected chi connectivity index (χ3v) is 4.99. The van der Waals surface area contributed by atoms with Crippen LogP contribution in [0, 0.1) is 0 Å². The minimum Gasteiger partial charge on any atom is -0.472 e. The zero-order chi connectivity index (χ0) is 14.0. The Kier molecular flexibility index (Phi) is 3.83. The van der Waals surface area contributed by atoms with Gasteiger partial charge < -0.3 is 9.32 Å². The summed E-state index contributed by atoms with van der Waals surface area (Å²) in [6.45, 7) is 6.14. The Morgan fingerprint density at radius 1 is 1.30 bits per heavy atom. The zero-order valence-electron chi connectivity index (χ0n) is 12.3. The van der Waals surface area contributed by atoms with E-state index in [1.54, 1.807) is 6.26 Å². The standard InChI is InChI=1S/C16H24N2O2/c1-2-18-15(19)4-7-16(18)6-3-9-17(10-8-16)12-14-5-11-20-13-14/h5,11,13H,2-4,6-10,12H2,1H3. The number of hydrogen-bond donors (Lipinski definition) is 0. The first-order valence-electron chi connectivity index (χ1n) is 7.77. The second-order valence-electron chi connectivity index (χ2n) is 6.12. The maximum absolute atomic E-state index is 12.0. The van der Waals surface area contributed by atoms with Gasteiger partial charge in [-0.3, -0.25) is 9.69 Å². The van der Waals surface area contributed by atoms with Crippen molar-refractivity contribution in [2.45, 2.75) is 51.1 Å². The maximum Gasteiger partial charge on any atom is 0.223 e. The lowest BCUT2D eigenvalue weighted by atomic mass is 9.88. The van der Waals surface area contributed by atoms with Crippen LogP contribution >= 0.6 is 0 Å². The predicted octanol–water partition coefficient (Wildman–Crippen LogP) is 2.65. The largest absolute Gasteiger partial charge is 0.472 e. The lowest BCUT2D eigenvalue weighted by Gasteiger charge is -2.37. The zero-order valence-corrected chi connectivity index (χ0v) is 12.3. The van der Waals surface area contributed by atoms with Gasteiger partial charge in [0, 0.05) is 37.2 Å². The Morgan fingerprint density at radius 3 is 2.95 bits per heavy atom. The molecule has 2 fully saturated rings. The molecule has 0 N–H and O–H groups in total. The molecule has 2 saturated heterocycles. The number of hydrogen-bond acceptors (Lipinski definition) is 3. The molecule has 1 amide bonds. The Hall–Kier alpha value is -1.29. The van der Waals surface area contributed by atoms with E-state index >= 15 is 0 Å². The lowest BCUT2D eigenvalue weighted by Crippen LogP contribution is -2.46. The van der Waals surface area contributed by atoms with Crippen molar-refractivity contribution in [2.75, 3.05) is 19.6 Å². The van der Waals surface area contributed by atoms with Crippen LogP contribution in [0.25, 0.3) is 0 Å². The van der Waals surface area contributed by atoms with E-state index in [1.165, 1.54) is 12.0 Å². The van der Waals surface area contributed by atoms with Crippen molar-refractivity contribution in [3.8, 4) is 0 Å². The summed E-state index contributed by atoms with van der Waals surface area (Å²) in [5.74, 6) is 0.357. The van der Waals surface area contributed by atoms with Crippen LogP contribution in [0.4, 0.5) is 0 Å². The van der Waals surface area contributed by atoms with Crippen molar-refractivity contribution in [2.24, 2.45) is 0 Å². The Labute approximate surface area is 120 Å². The predicted molar refractivity (Wildman–Crippen MR) is 77.2 cm³/mol. The molecule has 0 aromatic carbocycles. The second kappa shape index (κ2) is 5.60. The molecule has 3 heterocycles. The molecule has 2 aliphatic heterocycles. The summed E-state index contributed by atoms with van der Waals surface area (Å²) in [5, 5.41) is 0. The number of rotatable bonds is 3. The molecule has 4 nitrogen and oxygen atoms in total. The molecule has 0 radical (unpaired) electrons. The first kappa shape index (κ1) is 13.7.